The van der Waals surface area contributed by atoms with E-state index in [0.29, 0.717) is 0 Å². The molecule has 1 aliphatic heterocycles. The summed E-state index contributed by atoms with van der Waals surface area (Å²) in [6.45, 7) is 3.15. The summed E-state index contributed by atoms with van der Waals surface area (Å²) >= 11 is 0. The number of benzene rings is 1. The van der Waals surface area contributed by atoms with E-state index in [2.05, 4.69) is 40.5 Å². The van der Waals surface area contributed by atoms with Crippen LogP contribution in [0.5, 0.6) is 0 Å². The van der Waals surface area contributed by atoms with Crippen molar-refractivity contribution in [3.05, 3.63) is 60.1 Å². The van der Waals surface area contributed by atoms with Crippen molar-refractivity contribution in [2.75, 3.05) is 33.2 Å². The van der Waals surface area contributed by atoms with Crippen LogP contribution in [0.3, 0.4) is 0 Å². The third kappa shape index (κ3) is 5.18. The van der Waals surface area contributed by atoms with Crippen molar-refractivity contribution < 1.29 is 14.0 Å². The molecule has 2 aliphatic rings. The van der Waals surface area contributed by atoms with Gasteiger partial charge in [-0.3, -0.25) is 9.59 Å². The van der Waals surface area contributed by atoms with Gasteiger partial charge in [0.2, 0.25) is 5.91 Å². The summed E-state index contributed by atoms with van der Waals surface area (Å²) in [5, 5.41) is 3.12. The maximum absolute atomic E-state index is 12.4. The number of furan rings is 1. The first-order chi connectivity index (χ1) is 15.1. The number of likely N-dealkylation sites (tertiary alicyclic amines) is 1. The summed E-state index contributed by atoms with van der Waals surface area (Å²) in [5.41, 5.74) is 1.76. The van der Waals surface area contributed by atoms with E-state index >= 15 is 0 Å². The monoisotopic (exact) mass is 423 g/mol. The zero-order chi connectivity index (χ0) is 21.7. The highest BCUT2D eigenvalue weighted by molar-refractivity contribution is 5.94. The van der Waals surface area contributed by atoms with Gasteiger partial charge in [0.25, 0.3) is 5.91 Å². The fourth-order valence-corrected chi connectivity index (χ4v) is 5.19. The highest BCUT2D eigenvalue weighted by Gasteiger charge is 2.37. The Morgan fingerprint density at radius 1 is 1.10 bits per heavy atom. The van der Waals surface area contributed by atoms with E-state index in [0.717, 1.165) is 32.5 Å². The van der Waals surface area contributed by atoms with E-state index in [4.69, 9.17) is 4.42 Å². The molecule has 0 spiro atoms. The number of hydrogen-bond acceptors (Lipinski definition) is 4. The van der Waals surface area contributed by atoms with Gasteiger partial charge in [0, 0.05) is 38.1 Å². The Kier molecular flexibility index (Phi) is 6.76. The van der Waals surface area contributed by atoms with Gasteiger partial charge in [0.15, 0.2) is 5.76 Å². The molecule has 166 valence electrons. The molecule has 2 aromatic rings. The number of hydrogen-bond donors (Lipinski definition) is 1. The van der Waals surface area contributed by atoms with Crippen molar-refractivity contribution in [2.45, 2.75) is 50.0 Å². The number of rotatable bonds is 7. The summed E-state index contributed by atoms with van der Waals surface area (Å²) in [7, 11) is 1.62. The van der Waals surface area contributed by atoms with E-state index in [1.54, 1.807) is 19.2 Å². The third-order valence-electron chi connectivity index (χ3n) is 6.89. The number of piperidine rings is 1. The van der Waals surface area contributed by atoms with Crippen LogP contribution in [0, 0.1) is 0 Å². The second-order valence-electron chi connectivity index (χ2n) is 9.11. The van der Waals surface area contributed by atoms with E-state index in [1.807, 2.05) is 0 Å². The lowest BCUT2D eigenvalue weighted by molar-refractivity contribution is -0.122. The van der Waals surface area contributed by atoms with Crippen molar-refractivity contribution in [1.82, 2.24) is 15.1 Å². The standard InChI is InChI=1S/C25H33N3O3/c1-27(24(30)22-10-7-17-31-22)18-23(29)26-21-11-15-28(16-12-21)19-25(13-5-6-14-25)20-8-3-2-4-9-20/h2-4,7-10,17,21H,5-6,11-16,18-19H2,1H3,(H,26,29). The average molecular weight is 424 g/mol. The highest BCUT2D eigenvalue weighted by Crippen LogP contribution is 2.42. The summed E-state index contributed by atoms with van der Waals surface area (Å²) in [5.74, 6) is -0.141. The first-order valence-electron chi connectivity index (χ1n) is 11.4. The molecular weight excluding hydrogens is 390 g/mol. The minimum atomic E-state index is -0.280. The van der Waals surface area contributed by atoms with E-state index < -0.39 is 0 Å². The molecule has 2 heterocycles. The molecule has 1 saturated heterocycles. The Balaban J connectivity index is 1.25. The fraction of sp³-hybridized carbons (Fsp3) is 0.520. The van der Waals surface area contributed by atoms with Gasteiger partial charge < -0.3 is 19.5 Å². The molecule has 1 aliphatic carbocycles. The summed E-state index contributed by atoms with van der Waals surface area (Å²) in [6, 6.07) is 14.4. The number of nitrogens with one attached hydrogen (secondary N) is 1. The molecule has 1 aromatic heterocycles. The Labute approximate surface area is 184 Å². The Morgan fingerprint density at radius 3 is 2.45 bits per heavy atom. The maximum atomic E-state index is 12.4. The second-order valence-corrected chi connectivity index (χ2v) is 9.11. The zero-order valence-electron chi connectivity index (χ0n) is 18.4. The Morgan fingerprint density at radius 2 is 1.81 bits per heavy atom. The number of likely N-dealkylation sites (N-methyl/N-ethyl adjacent to an activating group) is 1. The first-order valence-corrected chi connectivity index (χ1v) is 11.4. The van der Waals surface area contributed by atoms with Gasteiger partial charge in [-0.05, 0) is 43.4 Å². The van der Waals surface area contributed by atoms with Gasteiger partial charge in [-0.15, -0.1) is 0 Å². The van der Waals surface area contributed by atoms with Gasteiger partial charge in [-0.2, -0.15) is 0 Å². The third-order valence-corrected chi connectivity index (χ3v) is 6.89. The first kappa shape index (κ1) is 21.6. The molecule has 6 heteroatoms. The second kappa shape index (κ2) is 9.69. The van der Waals surface area contributed by atoms with Gasteiger partial charge in [-0.1, -0.05) is 43.2 Å². The molecule has 31 heavy (non-hydrogen) atoms. The van der Waals surface area contributed by atoms with Gasteiger partial charge >= 0.3 is 0 Å². The molecule has 2 fully saturated rings. The minimum Gasteiger partial charge on any atom is -0.459 e. The SMILES string of the molecule is CN(CC(=O)NC1CCN(CC2(c3ccccc3)CCCC2)CC1)C(=O)c1ccco1. The lowest BCUT2D eigenvalue weighted by Crippen LogP contribution is -2.50. The van der Waals surface area contributed by atoms with Gasteiger partial charge in [0.1, 0.15) is 0 Å². The topological polar surface area (TPSA) is 65.8 Å². The molecule has 0 radical (unpaired) electrons. The number of carbonyl (C=O) groups excluding carboxylic acids is 2. The van der Waals surface area contributed by atoms with Crippen molar-refractivity contribution in [2.24, 2.45) is 0 Å². The molecule has 0 bridgehead atoms. The number of amides is 2. The molecule has 6 nitrogen and oxygen atoms in total. The van der Waals surface area contributed by atoms with Crippen LogP contribution in [0.1, 0.15) is 54.6 Å². The smallest absolute Gasteiger partial charge is 0.289 e. The molecular formula is C25H33N3O3. The largest absolute Gasteiger partial charge is 0.459 e. The number of carbonyl (C=O) groups is 2. The van der Waals surface area contributed by atoms with Crippen molar-refractivity contribution in [1.29, 1.82) is 0 Å². The quantitative estimate of drug-likeness (QED) is 0.741. The summed E-state index contributed by atoms with van der Waals surface area (Å²) in [4.78, 5) is 28.6. The molecule has 0 atom stereocenters. The summed E-state index contributed by atoms with van der Waals surface area (Å²) < 4.78 is 5.13. The zero-order valence-corrected chi connectivity index (χ0v) is 18.4. The van der Waals surface area contributed by atoms with Crippen LogP contribution in [-0.2, 0) is 10.2 Å². The van der Waals surface area contributed by atoms with Crippen LogP contribution in [0.4, 0.5) is 0 Å². The lowest BCUT2D eigenvalue weighted by Gasteiger charge is -2.39. The van der Waals surface area contributed by atoms with Gasteiger partial charge in [0.05, 0.1) is 12.8 Å². The average Bonchev–Trinajstić information content (AvgIpc) is 3.48. The van der Waals surface area contributed by atoms with Crippen molar-refractivity contribution in [3.8, 4) is 0 Å². The van der Waals surface area contributed by atoms with Crippen molar-refractivity contribution >= 4 is 11.8 Å². The Hall–Kier alpha value is -2.60. The van der Waals surface area contributed by atoms with Crippen LogP contribution < -0.4 is 5.32 Å². The normalized spacial score (nSPS) is 19.3. The predicted octanol–water partition coefficient (Wildman–Crippen LogP) is 3.44. The van der Waals surface area contributed by atoms with E-state index in [9.17, 15) is 9.59 Å². The molecule has 2 amide bonds. The molecule has 1 saturated carbocycles. The van der Waals surface area contributed by atoms with Crippen LogP contribution in [0.15, 0.2) is 53.1 Å². The van der Waals surface area contributed by atoms with Crippen LogP contribution in [0.25, 0.3) is 0 Å². The molecule has 1 N–H and O–H groups in total. The van der Waals surface area contributed by atoms with Crippen LogP contribution in [0.2, 0.25) is 0 Å². The molecule has 4 rings (SSSR count). The van der Waals surface area contributed by atoms with Crippen LogP contribution >= 0.6 is 0 Å². The summed E-state index contributed by atoms with van der Waals surface area (Å²) in [6.07, 6.45) is 8.52. The predicted molar refractivity (Wildman–Crippen MR) is 120 cm³/mol. The minimum absolute atomic E-state index is 0.0386. The number of nitrogens with zero attached hydrogens (tertiary/aromatic N) is 2. The van der Waals surface area contributed by atoms with Crippen molar-refractivity contribution in [3.63, 3.8) is 0 Å². The maximum Gasteiger partial charge on any atom is 0.289 e. The highest BCUT2D eigenvalue weighted by atomic mass is 16.3. The fourth-order valence-electron chi connectivity index (χ4n) is 5.19. The molecule has 0 unspecified atom stereocenters. The van der Waals surface area contributed by atoms with E-state index in [-0.39, 0.29) is 35.6 Å². The van der Waals surface area contributed by atoms with E-state index in [1.165, 1.54) is 42.4 Å². The van der Waals surface area contributed by atoms with Crippen LogP contribution in [-0.4, -0.2) is 60.9 Å². The van der Waals surface area contributed by atoms with Gasteiger partial charge in [-0.25, -0.2) is 0 Å². The Bertz CT molecular complexity index is 851. The lowest BCUT2D eigenvalue weighted by atomic mass is 9.78. The molecule has 1 aromatic carbocycles.